The average Bonchev–Trinajstić information content (AvgIpc) is 3.19. The van der Waals surface area contributed by atoms with Gasteiger partial charge < -0.3 is 18.9 Å². The van der Waals surface area contributed by atoms with E-state index in [1.165, 1.54) is 11.3 Å². The number of hydrogen-bond acceptors (Lipinski definition) is 8. The molecule has 1 aliphatic heterocycles. The van der Waals surface area contributed by atoms with Crippen molar-refractivity contribution in [1.29, 1.82) is 0 Å². The molecular formula is C29H31BrN2O6S. The van der Waals surface area contributed by atoms with Crippen molar-refractivity contribution in [3.63, 3.8) is 0 Å². The summed E-state index contributed by atoms with van der Waals surface area (Å²) in [6.45, 7) is 9.95. The van der Waals surface area contributed by atoms with E-state index in [-0.39, 0.29) is 18.3 Å². The number of methoxy groups -OCH3 is 1. The number of rotatable bonds is 9. The standard InChI is InChI=1S/C29H31BrN2O6S/c1-7-36-21-12-10-20(30)13-19(21)15-24-27(33)32-26(18-9-11-22(38-16(3)4)23(14-18)35-6)25(28(34)37-8-2)17(5)31-29(32)39-24/h9-16,26H,7-8H2,1-6H3/b24-15-/t26-/m0/s1. The number of thiazole rings is 1. The topological polar surface area (TPSA) is 88.4 Å². The number of aromatic nitrogens is 1. The minimum atomic E-state index is -0.765. The second-order valence-electron chi connectivity index (χ2n) is 8.99. The van der Waals surface area contributed by atoms with E-state index in [1.807, 2.05) is 45.0 Å². The predicted octanol–water partition coefficient (Wildman–Crippen LogP) is 4.76. The third-order valence-electron chi connectivity index (χ3n) is 5.94. The molecule has 206 valence electrons. The molecule has 1 aliphatic rings. The van der Waals surface area contributed by atoms with Gasteiger partial charge in [0.05, 0.1) is 48.3 Å². The van der Waals surface area contributed by atoms with Gasteiger partial charge in [0.15, 0.2) is 16.3 Å². The Kier molecular flexibility index (Phi) is 8.97. The number of hydrogen-bond donors (Lipinski definition) is 0. The Hall–Kier alpha value is -3.37. The third-order valence-corrected chi connectivity index (χ3v) is 7.42. The van der Waals surface area contributed by atoms with Crippen LogP contribution in [-0.4, -0.2) is 37.0 Å². The first-order chi connectivity index (χ1) is 18.7. The van der Waals surface area contributed by atoms with Crippen molar-refractivity contribution in [1.82, 2.24) is 4.57 Å². The Morgan fingerprint density at radius 1 is 1.13 bits per heavy atom. The zero-order valence-corrected chi connectivity index (χ0v) is 25.1. The van der Waals surface area contributed by atoms with Gasteiger partial charge in [0.25, 0.3) is 5.56 Å². The maximum atomic E-state index is 14.0. The molecule has 39 heavy (non-hydrogen) atoms. The first-order valence-electron chi connectivity index (χ1n) is 12.6. The van der Waals surface area contributed by atoms with Gasteiger partial charge in [0.1, 0.15) is 5.75 Å². The van der Waals surface area contributed by atoms with Crippen molar-refractivity contribution < 1.29 is 23.7 Å². The minimum absolute atomic E-state index is 0.0562. The molecule has 2 aromatic carbocycles. The minimum Gasteiger partial charge on any atom is -0.493 e. The van der Waals surface area contributed by atoms with Gasteiger partial charge in [0.2, 0.25) is 0 Å². The lowest BCUT2D eigenvalue weighted by atomic mass is 9.95. The van der Waals surface area contributed by atoms with Crippen molar-refractivity contribution >= 4 is 39.3 Å². The van der Waals surface area contributed by atoms with E-state index in [0.29, 0.717) is 50.0 Å². The van der Waals surface area contributed by atoms with Crippen molar-refractivity contribution in [3.05, 3.63) is 83.0 Å². The number of carbonyl (C=O) groups is 1. The number of halogens is 1. The van der Waals surface area contributed by atoms with Gasteiger partial charge in [-0.05, 0) is 76.6 Å². The van der Waals surface area contributed by atoms with Crippen LogP contribution >= 0.6 is 27.3 Å². The fourth-order valence-corrected chi connectivity index (χ4v) is 5.79. The highest BCUT2D eigenvalue weighted by Crippen LogP contribution is 2.36. The molecule has 4 rings (SSSR count). The van der Waals surface area contributed by atoms with Crippen LogP contribution in [0.4, 0.5) is 0 Å². The molecule has 0 radical (unpaired) electrons. The second kappa shape index (κ2) is 12.2. The van der Waals surface area contributed by atoms with Crippen LogP contribution in [0, 0.1) is 0 Å². The maximum absolute atomic E-state index is 14.0. The van der Waals surface area contributed by atoms with Crippen LogP contribution in [0.3, 0.4) is 0 Å². The highest BCUT2D eigenvalue weighted by atomic mass is 79.9. The van der Waals surface area contributed by atoms with Gasteiger partial charge in [-0.2, -0.15) is 0 Å². The SMILES string of the molecule is CCOC(=O)C1=C(C)N=c2s/c(=C\c3cc(Br)ccc3OCC)c(=O)n2[C@H]1c1ccc(OC(C)C)c(OC)c1. The first kappa shape index (κ1) is 28.6. The lowest BCUT2D eigenvalue weighted by Gasteiger charge is -2.25. The number of benzene rings is 2. The monoisotopic (exact) mass is 614 g/mol. The Morgan fingerprint density at radius 3 is 2.54 bits per heavy atom. The Labute approximate surface area is 239 Å². The molecule has 2 heterocycles. The Bertz CT molecular complexity index is 1600. The van der Waals surface area contributed by atoms with Crippen LogP contribution in [0.2, 0.25) is 0 Å². The van der Waals surface area contributed by atoms with Gasteiger partial charge in [-0.25, -0.2) is 9.79 Å². The average molecular weight is 616 g/mol. The highest BCUT2D eigenvalue weighted by Gasteiger charge is 2.34. The molecule has 3 aromatic rings. The second-order valence-corrected chi connectivity index (χ2v) is 10.9. The molecule has 0 saturated carbocycles. The number of esters is 1. The van der Waals surface area contributed by atoms with Gasteiger partial charge in [-0.3, -0.25) is 9.36 Å². The van der Waals surface area contributed by atoms with E-state index in [9.17, 15) is 9.59 Å². The maximum Gasteiger partial charge on any atom is 0.338 e. The Balaban J connectivity index is 1.96. The van der Waals surface area contributed by atoms with Crippen molar-refractivity contribution in [2.75, 3.05) is 20.3 Å². The van der Waals surface area contributed by atoms with Crippen molar-refractivity contribution in [2.24, 2.45) is 4.99 Å². The summed E-state index contributed by atoms with van der Waals surface area (Å²) < 4.78 is 25.5. The number of fused-ring (bicyclic) bond motifs is 1. The summed E-state index contributed by atoms with van der Waals surface area (Å²) in [6, 6.07) is 10.3. The quantitative estimate of drug-likeness (QED) is 0.323. The number of carbonyl (C=O) groups excluding carboxylic acids is 1. The van der Waals surface area contributed by atoms with Gasteiger partial charge in [0, 0.05) is 10.0 Å². The summed E-state index contributed by atoms with van der Waals surface area (Å²) >= 11 is 4.76. The van der Waals surface area contributed by atoms with E-state index < -0.39 is 12.0 Å². The molecule has 0 aliphatic carbocycles. The highest BCUT2D eigenvalue weighted by molar-refractivity contribution is 9.10. The van der Waals surface area contributed by atoms with E-state index in [0.717, 1.165) is 10.0 Å². The predicted molar refractivity (Wildman–Crippen MR) is 154 cm³/mol. The molecule has 0 amide bonds. The van der Waals surface area contributed by atoms with Crippen LogP contribution in [0.1, 0.15) is 51.8 Å². The molecule has 0 fully saturated rings. The van der Waals surface area contributed by atoms with Crippen LogP contribution in [0.25, 0.3) is 6.08 Å². The smallest absolute Gasteiger partial charge is 0.338 e. The van der Waals surface area contributed by atoms with Gasteiger partial charge >= 0.3 is 5.97 Å². The Morgan fingerprint density at radius 2 is 1.87 bits per heavy atom. The van der Waals surface area contributed by atoms with Gasteiger partial charge in [-0.1, -0.05) is 33.3 Å². The molecule has 0 spiro atoms. The summed E-state index contributed by atoms with van der Waals surface area (Å²) in [5.74, 6) is 1.21. The molecule has 0 saturated heterocycles. The molecule has 8 nitrogen and oxygen atoms in total. The van der Waals surface area contributed by atoms with E-state index in [2.05, 4.69) is 20.9 Å². The largest absolute Gasteiger partial charge is 0.493 e. The fourth-order valence-electron chi connectivity index (χ4n) is 4.37. The summed E-state index contributed by atoms with van der Waals surface area (Å²) in [5, 5.41) is 0. The third kappa shape index (κ3) is 5.96. The number of nitrogens with zero attached hydrogens (tertiary/aromatic N) is 2. The van der Waals surface area contributed by atoms with E-state index in [4.69, 9.17) is 18.9 Å². The molecule has 1 aromatic heterocycles. The molecule has 0 bridgehead atoms. The number of allylic oxidation sites excluding steroid dienone is 1. The van der Waals surface area contributed by atoms with Crippen molar-refractivity contribution in [3.8, 4) is 17.2 Å². The van der Waals surface area contributed by atoms with Crippen LogP contribution < -0.4 is 29.1 Å². The zero-order valence-electron chi connectivity index (χ0n) is 22.7. The molecule has 1 atom stereocenters. The molecule has 10 heteroatoms. The van der Waals surface area contributed by atoms with E-state index in [1.54, 1.807) is 43.7 Å². The fraction of sp³-hybridized carbons (Fsp3) is 0.345. The lowest BCUT2D eigenvalue weighted by Crippen LogP contribution is -2.40. The van der Waals surface area contributed by atoms with Crippen LogP contribution in [-0.2, 0) is 9.53 Å². The summed E-state index contributed by atoms with van der Waals surface area (Å²) in [7, 11) is 1.55. The first-order valence-corrected chi connectivity index (χ1v) is 14.3. The summed E-state index contributed by atoms with van der Waals surface area (Å²) in [5.41, 5.74) is 1.94. The van der Waals surface area contributed by atoms with Gasteiger partial charge in [-0.15, -0.1) is 0 Å². The summed E-state index contributed by atoms with van der Waals surface area (Å²) in [6.07, 6.45) is 1.74. The van der Waals surface area contributed by atoms with Crippen molar-refractivity contribution in [2.45, 2.75) is 46.8 Å². The lowest BCUT2D eigenvalue weighted by molar-refractivity contribution is -0.139. The molecular weight excluding hydrogens is 584 g/mol. The molecule has 0 N–H and O–H groups in total. The van der Waals surface area contributed by atoms with E-state index >= 15 is 0 Å². The van der Waals surface area contributed by atoms with Crippen LogP contribution in [0.15, 0.2) is 61.9 Å². The molecule has 0 unspecified atom stereocenters. The number of ether oxygens (including phenoxy) is 4. The summed E-state index contributed by atoms with van der Waals surface area (Å²) in [4.78, 5) is 32.3. The van der Waals surface area contributed by atoms with Crippen LogP contribution in [0.5, 0.6) is 17.2 Å². The normalized spacial score (nSPS) is 15.2. The zero-order chi connectivity index (χ0) is 28.3.